The molecule has 0 aliphatic heterocycles. The first-order valence-electron chi connectivity index (χ1n) is 10.6. The van der Waals surface area contributed by atoms with Crippen molar-refractivity contribution < 1.29 is 49.0 Å². The van der Waals surface area contributed by atoms with Crippen molar-refractivity contribution in [1.82, 2.24) is 0 Å². The van der Waals surface area contributed by atoms with Gasteiger partial charge in [-0.2, -0.15) is 0 Å². The Hall–Kier alpha value is -0.880. The quantitative estimate of drug-likeness (QED) is 0.322. The van der Waals surface area contributed by atoms with E-state index in [2.05, 4.69) is 13.8 Å². The number of primary amides is 1. The summed E-state index contributed by atoms with van der Waals surface area (Å²) in [7, 11) is 0. The van der Waals surface area contributed by atoms with Crippen molar-refractivity contribution in [3.8, 4) is 0 Å². The van der Waals surface area contributed by atoms with E-state index >= 15 is 0 Å². The van der Waals surface area contributed by atoms with Crippen molar-refractivity contribution in [1.29, 1.82) is 0 Å². The van der Waals surface area contributed by atoms with Gasteiger partial charge in [-0.25, -0.2) is 0 Å². The number of aromatic carboxylic acids is 1. The maximum absolute atomic E-state index is 11.6. The Balaban J connectivity index is 0.00000784. The molecule has 1 aromatic rings. The number of rotatable bonds is 16. The standard InChI is InChI=1S/C23H37NO4.Na/c1-18(2)12-8-6-4-3-5-7-9-16-28-17-11-14-19-13-10-15-20(23(26)27)21(19)22(24)25;/h10,13,15,18H,3-9,11-12,14,16-17H2,1-2H3,(H2,24,25)(H,26,27);/q;+1/p-1. The Kier molecular flexibility index (Phi) is 16.4. The minimum absolute atomic E-state index is 0. The summed E-state index contributed by atoms with van der Waals surface area (Å²) in [5.41, 5.74) is 5.88. The zero-order valence-corrected chi connectivity index (χ0v) is 20.5. The first-order chi connectivity index (χ1) is 13.4. The molecular formula is C23H36NNaO4. The van der Waals surface area contributed by atoms with E-state index < -0.39 is 11.9 Å². The minimum Gasteiger partial charge on any atom is -0.545 e. The summed E-state index contributed by atoms with van der Waals surface area (Å²) in [5.74, 6) is -1.30. The van der Waals surface area contributed by atoms with Gasteiger partial charge in [-0.3, -0.25) is 4.79 Å². The molecule has 0 unspecified atom stereocenters. The van der Waals surface area contributed by atoms with Gasteiger partial charge in [0.05, 0.1) is 11.5 Å². The monoisotopic (exact) mass is 413 g/mol. The number of carbonyl (C=O) groups is 2. The third kappa shape index (κ3) is 12.4. The summed E-state index contributed by atoms with van der Waals surface area (Å²) < 4.78 is 5.66. The number of hydrogen-bond acceptors (Lipinski definition) is 4. The summed E-state index contributed by atoms with van der Waals surface area (Å²) in [4.78, 5) is 22.7. The molecule has 0 aromatic heterocycles. The van der Waals surface area contributed by atoms with Crippen molar-refractivity contribution in [2.75, 3.05) is 13.2 Å². The van der Waals surface area contributed by atoms with Crippen molar-refractivity contribution in [3.63, 3.8) is 0 Å². The van der Waals surface area contributed by atoms with E-state index in [-0.39, 0.29) is 40.7 Å². The maximum atomic E-state index is 11.6. The number of carboxylic acid groups (broad SMARTS) is 1. The molecule has 1 rings (SSSR count). The van der Waals surface area contributed by atoms with E-state index in [9.17, 15) is 14.7 Å². The van der Waals surface area contributed by atoms with Crippen molar-refractivity contribution >= 4 is 11.9 Å². The van der Waals surface area contributed by atoms with Gasteiger partial charge in [0, 0.05) is 18.8 Å². The first kappa shape index (κ1) is 28.1. The summed E-state index contributed by atoms with van der Waals surface area (Å²) in [6, 6.07) is 4.68. The van der Waals surface area contributed by atoms with E-state index in [1.54, 1.807) is 12.1 Å². The van der Waals surface area contributed by atoms with Crippen molar-refractivity contribution in [2.45, 2.75) is 78.1 Å². The Bertz CT molecular complexity index is 605. The van der Waals surface area contributed by atoms with Crippen LogP contribution >= 0.6 is 0 Å². The van der Waals surface area contributed by atoms with Crippen LogP contribution in [0.3, 0.4) is 0 Å². The average molecular weight is 414 g/mol. The van der Waals surface area contributed by atoms with E-state index in [0.29, 0.717) is 25.0 Å². The van der Waals surface area contributed by atoms with Gasteiger partial charge in [-0.05, 0) is 30.7 Å². The van der Waals surface area contributed by atoms with Gasteiger partial charge < -0.3 is 20.4 Å². The number of benzene rings is 1. The van der Waals surface area contributed by atoms with Crippen LogP contribution in [0.1, 0.15) is 97.9 Å². The molecule has 0 bridgehead atoms. The largest absolute Gasteiger partial charge is 1.00 e. The van der Waals surface area contributed by atoms with E-state index in [1.807, 2.05) is 0 Å². The second kappa shape index (κ2) is 16.9. The fourth-order valence-corrected chi connectivity index (χ4v) is 3.38. The van der Waals surface area contributed by atoms with Crippen LogP contribution in [0.15, 0.2) is 18.2 Å². The number of nitrogens with two attached hydrogens (primary N) is 1. The van der Waals surface area contributed by atoms with Gasteiger partial charge in [-0.1, -0.05) is 77.0 Å². The number of aryl methyl sites for hydroxylation is 1. The Labute approximate surface area is 198 Å². The van der Waals surface area contributed by atoms with Gasteiger partial charge in [0.2, 0.25) is 5.91 Å². The molecule has 0 heterocycles. The minimum atomic E-state index is -1.38. The molecule has 29 heavy (non-hydrogen) atoms. The number of carboxylic acids is 1. The number of amides is 1. The van der Waals surface area contributed by atoms with Crippen LogP contribution in [0, 0.1) is 5.92 Å². The van der Waals surface area contributed by atoms with Gasteiger partial charge in [0.15, 0.2) is 0 Å². The number of hydrogen-bond donors (Lipinski definition) is 1. The normalized spacial score (nSPS) is 10.7. The van der Waals surface area contributed by atoms with Crippen LogP contribution in [-0.4, -0.2) is 25.1 Å². The molecule has 0 aliphatic rings. The number of unbranched alkanes of at least 4 members (excludes halogenated alkanes) is 6. The van der Waals surface area contributed by atoms with Crippen molar-refractivity contribution in [3.05, 3.63) is 34.9 Å². The molecule has 0 radical (unpaired) electrons. The molecule has 158 valence electrons. The second-order valence-corrected chi connectivity index (χ2v) is 7.86. The van der Waals surface area contributed by atoms with Gasteiger partial charge in [0.25, 0.3) is 0 Å². The van der Waals surface area contributed by atoms with Gasteiger partial charge >= 0.3 is 29.6 Å². The number of carbonyl (C=O) groups excluding carboxylic acids is 2. The van der Waals surface area contributed by atoms with Crippen LogP contribution in [-0.2, 0) is 11.2 Å². The molecule has 5 nitrogen and oxygen atoms in total. The summed E-state index contributed by atoms with van der Waals surface area (Å²) in [6.07, 6.45) is 11.5. The molecule has 0 saturated heterocycles. The Morgan fingerprint density at radius 1 is 0.966 bits per heavy atom. The zero-order chi connectivity index (χ0) is 20.8. The van der Waals surface area contributed by atoms with Crippen LogP contribution in [0.4, 0.5) is 0 Å². The number of ether oxygens (including phenoxy) is 1. The van der Waals surface area contributed by atoms with Crippen LogP contribution in [0.25, 0.3) is 0 Å². The fourth-order valence-electron chi connectivity index (χ4n) is 3.38. The van der Waals surface area contributed by atoms with Crippen LogP contribution < -0.4 is 40.4 Å². The summed E-state index contributed by atoms with van der Waals surface area (Å²) in [6.45, 7) is 5.89. The molecule has 0 atom stereocenters. The maximum Gasteiger partial charge on any atom is 1.00 e. The smallest absolute Gasteiger partial charge is 0.545 e. The van der Waals surface area contributed by atoms with E-state index in [0.717, 1.165) is 18.9 Å². The van der Waals surface area contributed by atoms with E-state index in [1.165, 1.54) is 51.0 Å². The second-order valence-electron chi connectivity index (χ2n) is 7.86. The third-order valence-corrected chi connectivity index (χ3v) is 4.92. The molecule has 1 amide bonds. The Morgan fingerprint density at radius 2 is 1.55 bits per heavy atom. The average Bonchev–Trinajstić information content (AvgIpc) is 2.64. The van der Waals surface area contributed by atoms with E-state index in [4.69, 9.17) is 10.5 Å². The van der Waals surface area contributed by atoms with Crippen LogP contribution in [0.5, 0.6) is 0 Å². The third-order valence-electron chi connectivity index (χ3n) is 4.92. The molecule has 1 aromatic carbocycles. The molecule has 0 fully saturated rings. The first-order valence-corrected chi connectivity index (χ1v) is 10.6. The SMILES string of the molecule is CC(C)CCCCCCCCCOCCCc1cccc(C(=O)[O-])c1C(N)=O.[Na+]. The summed E-state index contributed by atoms with van der Waals surface area (Å²) >= 11 is 0. The molecule has 6 heteroatoms. The zero-order valence-electron chi connectivity index (χ0n) is 18.5. The predicted octanol–water partition coefficient (Wildman–Crippen LogP) is 0.879. The molecule has 2 N–H and O–H groups in total. The van der Waals surface area contributed by atoms with Gasteiger partial charge in [-0.15, -0.1) is 0 Å². The molecular weight excluding hydrogens is 377 g/mol. The predicted molar refractivity (Wildman–Crippen MR) is 110 cm³/mol. The molecule has 0 spiro atoms. The Morgan fingerprint density at radius 3 is 2.14 bits per heavy atom. The van der Waals surface area contributed by atoms with Gasteiger partial charge in [0.1, 0.15) is 0 Å². The van der Waals surface area contributed by atoms with Crippen LogP contribution in [0.2, 0.25) is 0 Å². The summed E-state index contributed by atoms with van der Waals surface area (Å²) in [5, 5.41) is 11.1. The van der Waals surface area contributed by atoms with Crippen molar-refractivity contribution in [2.24, 2.45) is 11.7 Å². The fraction of sp³-hybridized carbons (Fsp3) is 0.652. The topological polar surface area (TPSA) is 92.4 Å². The molecule has 0 aliphatic carbocycles. The molecule has 0 saturated carbocycles.